The van der Waals surface area contributed by atoms with Crippen LogP contribution in [0.15, 0.2) is 36.5 Å². The van der Waals surface area contributed by atoms with Crippen LogP contribution < -0.4 is 0 Å². The summed E-state index contributed by atoms with van der Waals surface area (Å²) in [5, 5.41) is 0. The van der Waals surface area contributed by atoms with Crippen molar-refractivity contribution >= 4 is 5.97 Å². The third kappa shape index (κ3) is 9.01. The average Bonchev–Trinajstić information content (AvgIpc) is 2.20. The van der Waals surface area contributed by atoms with Crippen molar-refractivity contribution in [3.63, 3.8) is 0 Å². The van der Waals surface area contributed by atoms with E-state index in [0.29, 0.717) is 6.61 Å². The minimum atomic E-state index is -0.214. The highest BCUT2D eigenvalue weighted by Crippen LogP contribution is 2.08. The predicted octanol–water partition coefficient (Wildman–Crippen LogP) is 3.41. The highest BCUT2D eigenvalue weighted by Gasteiger charge is 1.95. The van der Waals surface area contributed by atoms with Gasteiger partial charge in [-0.05, 0) is 24.8 Å². The second-order valence-corrected chi connectivity index (χ2v) is 3.23. The molecule has 0 spiro atoms. The molecule has 0 heterocycles. The molecule has 0 aromatic heterocycles. The Hall–Kier alpha value is -1.31. The first kappa shape index (κ1) is 13.7. The van der Waals surface area contributed by atoms with Gasteiger partial charge in [-0.25, -0.2) is 0 Å². The summed E-state index contributed by atoms with van der Waals surface area (Å²) in [5.74, 6) is -0.214. The van der Waals surface area contributed by atoms with Crippen LogP contribution in [0.5, 0.6) is 0 Å². The smallest absolute Gasteiger partial charge is 0.302 e. The average molecular weight is 208 g/mol. The van der Waals surface area contributed by atoms with E-state index >= 15 is 0 Å². The van der Waals surface area contributed by atoms with Crippen molar-refractivity contribution in [2.45, 2.75) is 33.1 Å². The van der Waals surface area contributed by atoms with Gasteiger partial charge in [0.2, 0.25) is 0 Å². The van der Waals surface area contributed by atoms with Crippen LogP contribution in [0.3, 0.4) is 0 Å². The largest absolute Gasteiger partial charge is 0.466 e. The summed E-state index contributed by atoms with van der Waals surface area (Å²) < 4.78 is 4.86. The van der Waals surface area contributed by atoms with E-state index < -0.39 is 0 Å². The molecular weight excluding hydrogens is 188 g/mol. The summed E-state index contributed by atoms with van der Waals surface area (Å²) in [6.07, 6.45) is 10.8. The molecule has 0 unspecified atom stereocenters. The summed E-state index contributed by atoms with van der Waals surface area (Å²) in [6.45, 7) is 7.69. The van der Waals surface area contributed by atoms with Gasteiger partial charge < -0.3 is 4.74 Å². The lowest BCUT2D eigenvalue weighted by Crippen LogP contribution is -2.00. The fraction of sp³-hybridized carbons (Fsp3) is 0.462. The van der Waals surface area contributed by atoms with E-state index in [2.05, 4.69) is 25.7 Å². The number of carbonyl (C=O) groups excluding carboxylic acids is 1. The number of hydrogen-bond donors (Lipinski definition) is 0. The lowest BCUT2D eigenvalue weighted by Gasteiger charge is -2.02. The van der Waals surface area contributed by atoms with E-state index in [9.17, 15) is 4.79 Å². The van der Waals surface area contributed by atoms with E-state index in [0.717, 1.165) is 19.3 Å². The first-order valence-corrected chi connectivity index (χ1v) is 5.32. The predicted molar refractivity (Wildman–Crippen MR) is 63.6 cm³/mol. The fourth-order valence-corrected chi connectivity index (χ4v) is 1.14. The van der Waals surface area contributed by atoms with Crippen LogP contribution in [0.4, 0.5) is 0 Å². The third-order valence-corrected chi connectivity index (χ3v) is 1.81. The highest BCUT2D eigenvalue weighted by atomic mass is 16.5. The van der Waals surface area contributed by atoms with Crippen LogP contribution in [-0.4, -0.2) is 12.6 Å². The molecule has 0 aliphatic carbocycles. The zero-order valence-corrected chi connectivity index (χ0v) is 9.66. The maximum absolute atomic E-state index is 10.5. The van der Waals surface area contributed by atoms with Gasteiger partial charge in [-0.1, -0.05) is 37.8 Å². The minimum Gasteiger partial charge on any atom is -0.466 e. The van der Waals surface area contributed by atoms with Gasteiger partial charge in [-0.15, -0.1) is 0 Å². The molecule has 0 amide bonds. The van der Waals surface area contributed by atoms with Crippen LogP contribution in [0.2, 0.25) is 0 Å². The Morgan fingerprint density at radius 2 is 2.20 bits per heavy atom. The number of allylic oxidation sites excluding steroid dienone is 5. The second-order valence-electron chi connectivity index (χ2n) is 3.23. The maximum atomic E-state index is 10.5. The molecular formula is C13H20O2. The number of esters is 1. The van der Waals surface area contributed by atoms with Crippen molar-refractivity contribution in [1.29, 1.82) is 0 Å². The molecule has 15 heavy (non-hydrogen) atoms. The van der Waals surface area contributed by atoms with Gasteiger partial charge in [0.25, 0.3) is 0 Å². The lowest BCUT2D eigenvalue weighted by atomic mass is 10.1. The van der Waals surface area contributed by atoms with E-state index in [1.54, 1.807) is 6.08 Å². The summed E-state index contributed by atoms with van der Waals surface area (Å²) in [4.78, 5) is 10.5. The SMILES string of the molecule is C=C/C=C(\C=C/CC)CCCOC(C)=O. The molecule has 0 aliphatic heterocycles. The summed E-state index contributed by atoms with van der Waals surface area (Å²) in [6, 6.07) is 0. The van der Waals surface area contributed by atoms with Crippen molar-refractivity contribution in [2.24, 2.45) is 0 Å². The van der Waals surface area contributed by atoms with Gasteiger partial charge >= 0.3 is 5.97 Å². The van der Waals surface area contributed by atoms with Crippen LogP contribution in [0.25, 0.3) is 0 Å². The number of rotatable bonds is 7. The number of ether oxygens (including phenoxy) is 1. The third-order valence-electron chi connectivity index (χ3n) is 1.81. The maximum Gasteiger partial charge on any atom is 0.302 e. The van der Waals surface area contributed by atoms with E-state index in [4.69, 9.17) is 4.74 Å². The molecule has 0 saturated carbocycles. The molecule has 0 aliphatic rings. The Balaban J connectivity index is 3.87. The molecule has 0 bridgehead atoms. The van der Waals surface area contributed by atoms with Gasteiger partial charge in [0.15, 0.2) is 0 Å². The van der Waals surface area contributed by atoms with E-state index in [1.165, 1.54) is 12.5 Å². The van der Waals surface area contributed by atoms with E-state index in [-0.39, 0.29) is 5.97 Å². The summed E-state index contributed by atoms with van der Waals surface area (Å²) in [7, 11) is 0. The molecule has 2 heteroatoms. The van der Waals surface area contributed by atoms with Crippen LogP contribution in [-0.2, 0) is 9.53 Å². The Bertz CT molecular complexity index is 249. The topological polar surface area (TPSA) is 26.3 Å². The Labute approximate surface area is 92.3 Å². The Morgan fingerprint density at radius 1 is 1.47 bits per heavy atom. The molecule has 84 valence electrons. The minimum absolute atomic E-state index is 0.214. The first-order valence-electron chi connectivity index (χ1n) is 5.32. The molecule has 0 N–H and O–H groups in total. The first-order chi connectivity index (χ1) is 7.20. The van der Waals surface area contributed by atoms with Crippen LogP contribution in [0, 0.1) is 0 Å². The molecule has 0 saturated heterocycles. The zero-order chi connectivity index (χ0) is 11.5. The number of carbonyl (C=O) groups is 1. The Kier molecular flexibility index (Phi) is 8.44. The molecule has 0 aromatic carbocycles. The summed E-state index contributed by atoms with van der Waals surface area (Å²) >= 11 is 0. The standard InChI is InChI=1S/C13H20O2/c1-4-6-9-13(8-5-2)10-7-11-15-12(3)14/h5-6,8-9H,2,4,7,10-11H2,1,3H3/b9-6-,13-8+. The number of hydrogen-bond acceptors (Lipinski definition) is 2. The molecule has 2 nitrogen and oxygen atoms in total. The van der Waals surface area contributed by atoms with Crippen LogP contribution in [0.1, 0.15) is 33.1 Å². The normalized spacial score (nSPS) is 11.7. The molecule has 0 radical (unpaired) electrons. The van der Waals surface area contributed by atoms with E-state index in [1.807, 2.05) is 6.08 Å². The zero-order valence-electron chi connectivity index (χ0n) is 9.66. The van der Waals surface area contributed by atoms with Gasteiger partial charge in [0.05, 0.1) is 6.61 Å². The molecule has 0 rings (SSSR count). The quantitative estimate of drug-likeness (QED) is 0.364. The van der Waals surface area contributed by atoms with Gasteiger partial charge in [-0.2, -0.15) is 0 Å². The van der Waals surface area contributed by atoms with Crippen molar-refractivity contribution in [2.75, 3.05) is 6.61 Å². The monoisotopic (exact) mass is 208 g/mol. The fourth-order valence-electron chi connectivity index (χ4n) is 1.14. The van der Waals surface area contributed by atoms with Gasteiger partial charge in [-0.3, -0.25) is 4.79 Å². The van der Waals surface area contributed by atoms with Crippen molar-refractivity contribution in [1.82, 2.24) is 0 Å². The Morgan fingerprint density at radius 3 is 2.73 bits per heavy atom. The lowest BCUT2D eigenvalue weighted by molar-refractivity contribution is -0.141. The second kappa shape index (κ2) is 9.25. The van der Waals surface area contributed by atoms with Crippen LogP contribution >= 0.6 is 0 Å². The van der Waals surface area contributed by atoms with Gasteiger partial charge in [0, 0.05) is 6.92 Å². The van der Waals surface area contributed by atoms with Crippen molar-refractivity contribution < 1.29 is 9.53 Å². The molecule has 0 fully saturated rings. The molecule has 0 aromatic rings. The van der Waals surface area contributed by atoms with Gasteiger partial charge in [0.1, 0.15) is 0 Å². The van der Waals surface area contributed by atoms with Crippen molar-refractivity contribution in [3.05, 3.63) is 36.5 Å². The summed E-state index contributed by atoms with van der Waals surface area (Å²) in [5.41, 5.74) is 1.22. The molecule has 0 atom stereocenters. The van der Waals surface area contributed by atoms with Crippen molar-refractivity contribution in [3.8, 4) is 0 Å². The highest BCUT2D eigenvalue weighted by molar-refractivity contribution is 5.65.